The first-order valence-electron chi connectivity index (χ1n) is 12.5. The highest BCUT2D eigenvalue weighted by atomic mass is 16.1. The second-order valence-corrected chi connectivity index (χ2v) is 12.1. The van der Waals surface area contributed by atoms with Crippen LogP contribution in [0, 0.1) is 52.3 Å². The van der Waals surface area contributed by atoms with Gasteiger partial charge in [-0.3, -0.25) is 4.79 Å². The van der Waals surface area contributed by atoms with E-state index >= 15 is 0 Å². The molecule has 0 aliphatic heterocycles. The Labute approximate surface area is 174 Å². The minimum absolute atomic E-state index is 0.291. The van der Waals surface area contributed by atoms with Crippen molar-refractivity contribution in [1.29, 1.82) is 0 Å². The Hall–Kier alpha value is -0.590. The molecule has 28 heavy (non-hydrogen) atoms. The summed E-state index contributed by atoms with van der Waals surface area (Å²) in [5.41, 5.74) is 0.870. The summed E-state index contributed by atoms with van der Waals surface area (Å²) < 4.78 is 0. The maximum Gasteiger partial charge on any atom is 0.155 e. The topological polar surface area (TPSA) is 17.1 Å². The van der Waals surface area contributed by atoms with Gasteiger partial charge in [0, 0.05) is 6.42 Å². The summed E-state index contributed by atoms with van der Waals surface area (Å²) in [4.78, 5) is 12.0. The van der Waals surface area contributed by atoms with Gasteiger partial charge in [0.25, 0.3) is 0 Å². The minimum atomic E-state index is 0.291. The number of carbonyl (C=O) groups is 1. The monoisotopic (exact) mass is 384 g/mol. The van der Waals surface area contributed by atoms with Gasteiger partial charge < -0.3 is 0 Å². The summed E-state index contributed by atoms with van der Waals surface area (Å²) >= 11 is 0. The molecule has 0 amide bonds. The lowest BCUT2D eigenvalue weighted by Crippen LogP contribution is -2.52. The van der Waals surface area contributed by atoms with Crippen molar-refractivity contribution in [3.8, 4) is 0 Å². The standard InChI is InChI=1S/C27H44O/c1-18(2)7-6-8-19(3)23-11-12-24-22-10-9-20-17-21(28)13-15-26(20,4)25(22)14-16-27(23,24)5/h13,15,18-20,22-25H,6-12,14,16-17H2,1-5H3/t19-,20+,22+,23+,24-,25-,26+,27-/m1/s1. The van der Waals surface area contributed by atoms with Gasteiger partial charge in [0.2, 0.25) is 0 Å². The molecule has 4 aliphatic carbocycles. The summed E-state index contributed by atoms with van der Waals surface area (Å²) in [6.45, 7) is 12.5. The molecule has 1 nitrogen and oxygen atoms in total. The van der Waals surface area contributed by atoms with Crippen molar-refractivity contribution in [2.24, 2.45) is 52.3 Å². The van der Waals surface area contributed by atoms with E-state index in [9.17, 15) is 4.79 Å². The van der Waals surface area contributed by atoms with Crippen LogP contribution in [0.5, 0.6) is 0 Å². The number of carbonyl (C=O) groups excluding carboxylic acids is 1. The second kappa shape index (κ2) is 7.59. The highest BCUT2D eigenvalue weighted by Crippen LogP contribution is 2.67. The Bertz CT molecular complexity index is 618. The highest BCUT2D eigenvalue weighted by molar-refractivity contribution is 5.91. The highest BCUT2D eigenvalue weighted by Gasteiger charge is 2.59. The third kappa shape index (κ3) is 3.33. The molecule has 0 N–H and O–H groups in total. The first-order chi connectivity index (χ1) is 13.3. The molecule has 0 aromatic heterocycles. The number of allylic oxidation sites excluding steroid dienone is 2. The number of fused-ring (bicyclic) bond motifs is 5. The van der Waals surface area contributed by atoms with E-state index in [0.29, 0.717) is 22.5 Å². The molecule has 0 spiro atoms. The van der Waals surface area contributed by atoms with Crippen LogP contribution in [0.2, 0.25) is 0 Å². The first-order valence-corrected chi connectivity index (χ1v) is 12.5. The van der Waals surface area contributed by atoms with E-state index in [1.165, 1.54) is 57.8 Å². The van der Waals surface area contributed by atoms with Crippen LogP contribution in [0.3, 0.4) is 0 Å². The molecule has 1 heteroatoms. The Morgan fingerprint density at radius 1 is 1.00 bits per heavy atom. The Kier molecular flexibility index (Phi) is 5.60. The predicted octanol–water partition coefficient (Wildman–Crippen LogP) is 7.45. The molecule has 158 valence electrons. The molecule has 0 aromatic rings. The number of hydrogen-bond acceptors (Lipinski definition) is 1. The normalized spacial score (nSPS) is 46.2. The number of hydrogen-bond donors (Lipinski definition) is 0. The molecule has 0 bridgehead atoms. The van der Waals surface area contributed by atoms with Crippen LogP contribution in [-0.2, 0) is 4.79 Å². The van der Waals surface area contributed by atoms with E-state index in [4.69, 9.17) is 0 Å². The van der Waals surface area contributed by atoms with Gasteiger partial charge in [0.1, 0.15) is 0 Å². The molecule has 0 aromatic carbocycles. The van der Waals surface area contributed by atoms with Crippen molar-refractivity contribution in [2.75, 3.05) is 0 Å². The van der Waals surface area contributed by atoms with Crippen LogP contribution in [0.1, 0.15) is 98.8 Å². The lowest BCUT2D eigenvalue weighted by Gasteiger charge is -2.59. The largest absolute Gasteiger partial charge is 0.295 e. The van der Waals surface area contributed by atoms with Crippen LogP contribution in [0.15, 0.2) is 12.2 Å². The SMILES string of the molecule is CC(C)CCC[C@@H](C)[C@@H]1CC[C@@H]2[C@@H]3CC[C@H]4CC(=O)C=C[C@]4(C)[C@@H]3CC[C@@]21C. The lowest BCUT2D eigenvalue weighted by atomic mass is 9.45. The van der Waals surface area contributed by atoms with Crippen LogP contribution >= 0.6 is 0 Å². The van der Waals surface area contributed by atoms with Gasteiger partial charge in [0.15, 0.2) is 5.78 Å². The first kappa shape index (κ1) is 20.7. The van der Waals surface area contributed by atoms with E-state index < -0.39 is 0 Å². The molecule has 4 rings (SSSR count). The predicted molar refractivity (Wildman–Crippen MR) is 118 cm³/mol. The fourth-order valence-corrected chi connectivity index (χ4v) is 8.66. The second-order valence-electron chi connectivity index (χ2n) is 12.1. The fraction of sp³-hybridized carbons (Fsp3) is 0.889. The van der Waals surface area contributed by atoms with Gasteiger partial charge >= 0.3 is 0 Å². The summed E-state index contributed by atoms with van der Waals surface area (Å²) in [6, 6.07) is 0. The van der Waals surface area contributed by atoms with Crippen molar-refractivity contribution in [1.82, 2.24) is 0 Å². The van der Waals surface area contributed by atoms with Gasteiger partial charge in [-0.15, -0.1) is 0 Å². The number of ketones is 1. The van der Waals surface area contributed by atoms with E-state index in [1.54, 1.807) is 0 Å². The van der Waals surface area contributed by atoms with Gasteiger partial charge in [0.05, 0.1) is 0 Å². The van der Waals surface area contributed by atoms with Crippen LogP contribution in [-0.4, -0.2) is 5.78 Å². The molecule has 8 atom stereocenters. The zero-order valence-corrected chi connectivity index (χ0v) is 19.2. The van der Waals surface area contributed by atoms with Crippen molar-refractivity contribution >= 4 is 5.78 Å². The smallest absolute Gasteiger partial charge is 0.155 e. The zero-order valence-electron chi connectivity index (χ0n) is 19.2. The average Bonchev–Trinajstić information content (AvgIpc) is 2.99. The fourth-order valence-electron chi connectivity index (χ4n) is 8.66. The molecule has 3 saturated carbocycles. The van der Waals surface area contributed by atoms with Crippen molar-refractivity contribution in [2.45, 2.75) is 98.8 Å². The van der Waals surface area contributed by atoms with Gasteiger partial charge in [-0.1, -0.05) is 60.0 Å². The van der Waals surface area contributed by atoms with E-state index in [-0.39, 0.29) is 0 Å². The zero-order chi connectivity index (χ0) is 20.1. The van der Waals surface area contributed by atoms with Crippen molar-refractivity contribution < 1.29 is 4.79 Å². The van der Waals surface area contributed by atoms with Gasteiger partial charge in [-0.25, -0.2) is 0 Å². The summed E-state index contributed by atoms with van der Waals surface area (Å²) in [5.74, 6) is 6.34. The van der Waals surface area contributed by atoms with E-state index in [1.807, 2.05) is 6.08 Å². The van der Waals surface area contributed by atoms with Gasteiger partial charge in [-0.2, -0.15) is 0 Å². The molecule has 0 heterocycles. The summed E-state index contributed by atoms with van der Waals surface area (Å²) in [5, 5.41) is 0. The molecule has 0 saturated heterocycles. The Morgan fingerprint density at radius 2 is 1.79 bits per heavy atom. The lowest BCUT2D eigenvalue weighted by molar-refractivity contribution is -0.122. The summed E-state index contributed by atoms with van der Waals surface area (Å²) in [7, 11) is 0. The van der Waals surface area contributed by atoms with Gasteiger partial charge in [-0.05, 0) is 96.9 Å². The third-order valence-electron chi connectivity index (χ3n) is 10.2. The maximum absolute atomic E-state index is 12.0. The Morgan fingerprint density at radius 3 is 2.54 bits per heavy atom. The third-order valence-corrected chi connectivity index (χ3v) is 10.2. The average molecular weight is 385 g/mol. The quantitative estimate of drug-likeness (QED) is 0.481. The van der Waals surface area contributed by atoms with Crippen molar-refractivity contribution in [3.63, 3.8) is 0 Å². The molecule has 0 radical (unpaired) electrons. The van der Waals surface area contributed by atoms with Crippen LogP contribution in [0.4, 0.5) is 0 Å². The van der Waals surface area contributed by atoms with Crippen molar-refractivity contribution in [3.05, 3.63) is 12.2 Å². The van der Waals surface area contributed by atoms with Crippen LogP contribution in [0.25, 0.3) is 0 Å². The maximum atomic E-state index is 12.0. The van der Waals surface area contributed by atoms with E-state index in [0.717, 1.165) is 41.9 Å². The number of rotatable bonds is 5. The molecule has 0 unspecified atom stereocenters. The molecular formula is C27H44O. The van der Waals surface area contributed by atoms with Crippen LogP contribution < -0.4 is 0 Å². The minimum Gasteiger partial charge on any atom is -0.295 e. The Balaban J connectivity index is 1.49. The summed E-state index contributed by atoms with van der Waals surface area (Å²) in [6.07, 6.45) is 17.8. The van der Waals surface area contributed by atoms with E-state index in [2.05, 4.69) is 40.7 Å². The molecule has 3 fully saturated rings. The molecular weight excluding hydrogens is 340 g/mol. The molecule has 4 aliphatic rings.